The number of likely N-dealkylation sites (N-methyl/N-ethyl adjacent to an activating group) is 1. The fourth-order valence-electron chi connectivity index (χ4n) is 3.13. The summed E-state index contributed by atoms with van der Waals surface area (Å²) < 4.78 is 0. The Morgan fingerprint density at radius 3 is 2.33 bits per heavy atom. The number of aromatic amines is 1. The number of rotatable bonds is 4. The van der Waals surface area contributed by atoms with E-state index in [1.165, 1.54) is 17.2 Å². The van der Waals surface area contributed by atoms with Crippen molar-refractivity contribution in [3.8, 4) is 0 Å². The number of halogens is 2. The van der Waals surface area contributed by atoms with Crippen molar-refractivity contribution in [3.05, 3.63) is 57.3 Å². The molecule has 2 amide bonds. The number of fused-ring (bicyclic) bond motifs is 1. The molecule has 0 fully saturated rings. The van der Waals surface area contributed by atoms with Gasteiger partial charge >= 0.3 is 0 Å². The van der Waals surface area contributed by atoms with Crippen molar-refractivity contribution in [3.63, 3.8) is 0 Å². The van der Waals surface area contributed by atoms with Crippen LogP contribution >= 0.6 is 23.2 Å². The van der Waals surface area contributed by atoms with Crippen molar-refractivity contribution in [2.75, 3.05) is 7.05 Å². The highest BCUT2D eigenvalue weighted by Crippen LogP contribution is 2.29. The van der Waals surface area contributed by atoms with Crippen molar-refractivity contribution in [1.29, 1.82) is 0 Å². The third kappa shape index (κ3) is 3.28. The number of carbonyl (C=O) groups excluding carboxylic acids is 2. The van der Waals surface area contributed by atoms with Gasteiger partial charge in [0.1, 0.15) is 16.9 Å². The van der Waals surface area contributed by atoms with E-state index in [1.54, 1.807) is 7.05 Å². The average Bonchev–Trinajstić information content (AvgIpc) is 3.15. The topological polar surface area (TPSA) is 74.0 Å². The van der Waals surface area contributed by atoms with Crippen LogP contribution < -0.4 is 10.6 Å². The monoisotopic (exact) mass is 365 g/mol. The van der Waals surface area contributed by atoms with Gasteiger partial charge in [0.15, 0.2) is 0 Å². The first-order valence-corrected chi connectivity index (χ1v) is 8.38. The Morgan fingerprint density at radius 2 is 1.83 bits per heavy atom. The molecule has 7 heteroatoms. The van der Waals surface area contributed by atoms with Crippen LogP contribution in [0.1, 0.15) is 21.6 Å². The molecular formula is C17H17Cl2N3O2. The molecule has 1 aliphatic carbocycles. The van der Waals surface area contributed by atoms with Crippen molar-refractivity contribution >= 4 is 35.0 Å². The van der Waals surface area contributed by atoms with Gasteiger partial charge in [-0.25, -0.2) is 0 Å². The minimum absolute atomic E-state index is 0.00667. The molecule has 0 radical (unpaired) electrons. The highest BCUT2D eigenvalue weighted by Gasteiger charge is 2.34. The van der Waals surface area contributed by atoms with Crippen molar-refractivity contribution in [2.24, 2.45) is 5.92 Å². The van der Waals surface area contributed by atoms with Crippen LogP contribution in [0.25, 0.3) is 0 Å². The van der Waals surface area contributed by atoms with Gasteiger partial charge in [-0.1, -0.05) is 47.5 Å². The smallest absolute Gasteiger partial charge is 0.268 e. The summed E-state index contributed by atoms with van der Waals surface area (Å²) >= 11 is 11.7. The Morgan fingerprint density at radius 1 is 1.21 bits per heavy atom. The second-order valence-corrected chi connectivity index (χ2v) is 6.63. The first-order chi connectivity index (χ1) is 11.5. The van der Waals surface area contributed by atoms with Crippen LogP contribution in [0.2, 0.25) is 10.2 Å². The molecule has 0 unspecified atom stereocenters. The molecule has 1 aromatic heterocycles. The Balaban J connectivity index is 1.78. The van der Waals surface area contributed by atoms with Gasteiger partial charge in [0.25, 0.3) is 5.91 Å². The van der Waals surface area contributed by atoms with E-state index in [9.17, 15) is 9.59 Å². The van der Waals surface area contributed by atoms with Crippen LogP contribution in [-0.4, -0.2) is 29.9 Å². The van der Waals surface area contributed by atoms with Crippen molar-refractivity contribution in [1.82, 2.24) is 15.6 Å². The highest BCUT2D eigenvalue weighted by molar-refractivity contribution is 6.41. The largest absolute Gasteiger partial charge is 0.357 e. The third-order valence-corrected chi connectivity index (χ3v) is 5.03. The van der Waals surface area contributed by atoms with Crippen LogP contribution in [0.4, 0.5) is 0 Å². The lowest BCUT2D eigenvalue weighted by molar-refractivity contribution is -0.123. The molecular weight excluding hydrogens is 349 g/mol. The predicted molar refractivity (Wildman–Crippen MR) is 93.5 cm³/mol. The lowest BCUT2D eigenvalue weighted by Crippen LogP contribution is -2.50. The van der Waals surface area contributed by atoms with E-state index < -0.39 is 11.9 Å². The zero-order valence-electron chi connectivity index (χ0n) is 13.0. The summed E-state index contributed by atoms with van der Waals surface area (Å²) in [5.41, 5.74) is 2.67. The minimum Gasteiger partial charge on any atom is -0.357 e. The first kappa shape index (κ1) is 16.9. The van der Waals surface area contributed by atoms with Gasteiger partial charge in [-0.3, -0.25) is 9.59 Å². The van der Waals surface area contributed by atoms with E-state index in [1.807, 2.05) is 12.1 Å². The zero-order valence-corrected chi connectivity index (χ0v) is 14.5. The molecule has 0 saturated heterocycles. The van der Waals surface area contributed by atoms with Gasteiger partial charge in [-0.05, 0) is 36.0 Å². The number of nitrogens with one attached hydrogen (secondary N) is 3. The van der Waals surface area contributed by atoms with E-state index in [0.717, 1.165) is 12.8 Å². The summed E-state index contributed by atoms with van der Waals surface area (Å²) in [6.45, 7) is 0. The van der Waals surface area contributed by atoms with Crippen LogP contribution in [0.5, 0.6) is 0 Å². The summed E-state index contributed by atoms with van der Waals surface area (Å²) in [4.78, 5) is 27.4. The van der Waals surface area contributed by atoms with E-state index >= 15 is 0 Å². The van der Waals surface area contributed by atoms with Crippen LogP contribution in [-0.2, 0) is 17.6 Å². The Kier molecular flexibility index (Phi) is 4.83. The lowest BCUT2D eigenvalue weighted by Gasteiger charge is -2.23. The highest BCUT2D eigenvalue weighted by atomic mass is 35.5. The molecule has 2 aromatic rings. The molecule has 0 spiro atoms. The summed E-state index contributed by atoms with van der Waals surface area (Å²) in [7, 11) is 1.56. The molecule has 3 N–H and O–H groups in total. The van der Waals surface area contributed by atoms with E-state index in [4.69, 9.17) is 23.2 Å². The summed E-state index contributed by atoms with van der Waals surface area (Å²) in [6, 6.07) is 8.90. The van der Waals surface area contributed by atoms with E-state index in [2.05, 4.69) is 27.8 Å². The van der Waals surface area contributed by atoms with Gasteiger partial charge in [0.05, 0.1) is 5.02 Å². The fourth-order valence-corrected chi connectivity index (χ4v) is 3.44. The second kappa shape index (κ2) is 6.87. The van der Waals surface area contributed by atoms with Gasteiger partial charge in [0, 0.05) is 7.05 Å². The molecule has 1 aliphatic rings. The van der Waals surface area contributed by atoms with Gasteiger partial charge in [-0.15, -0.1) is 0 Å². The van der Waals surface area contributed by atoms with Crippen LogP contribution in [0.3, 0.4) is 0 Å². The SMILES string of the molecule is CNC(=O)[C@@H](NC(=O)c1cc(Cl)c(Cl)[nH]1)C1Cc2ccccc2C1. The normalized spacial score (nSPS) is 15.0. The number of aromatic nitrogens is 1. The molecule has 0 bridgehead atoms. The molecule has 0 saturated carbocycles. The van der Waals surface area contributed by atoms with Gasteiger partial charge < -0.3 is 15.6 Å². The molecule has 3 rings (SSSR count). The number of H-pyrrole nitrogens is 1. The number of hydrogen-bond acceptors (Lipinski definition) is 2. The molecule has 126 valence electrons. The van der Waals surface area contributed by atoms with Crippen molar-refractivity contribution < 1.29 is 9.59 Å². The Hall–Kier alpha value is -1.98. The Labute approximate surface area is 149 Å². The predicted octanol–water partition coefficient (Wildman–Crippen LogP) is 2.58. The molecule has 1 atom stereocenters. The standard InChI is InChI=1S/C17H17Cl2N3O2/c1-20-17(24)14(11-6-9-4-2-3-5-10(9)7-11)22-16(23)13-8-12(18)15(19)21-13/h2-5,8,11,14,21H,6-7H2,1H3,(H,20,24)(H,22,23)/t14-/m0/s1. The van der Waals surface area contributed by atoms with Gasteiger partial charge in [-0.2, -0.15) is 0 Å². The molecule has 1 heterocycles. The fraction of sp³-hybridized carbons (Fsp3) is 0.294. The third-order valence-electron chi connectivity index (χ3n) is 4.34. The van der Waals surface area contributed by atoms with E-state index in [0.29, 0.717) is 0 Å². The van der Waals surface area contributed by atoms with Crippen LogP contribution in [0.15, 0.2) is 30.3 Å². The number of carbonyl (C=O) groups is 2. The number of hydrogen-bond donors (Lipinski definition) is 3. The van der Waals surface area contributed by atoms with E-state index in [-0.39, 0.29) is 27.7 Å². The van der Waals surface area contributed by atoms with Crippen molar-refractivity contribution in [2.45, 2.75) is 18.9 Å². The maximum Gasteiger partial charge on any atom is 0.268 e. The summed E-state index contributed by atoms with van der Waals surface area (Å²) in [5, 5.41) is 5.90. The molecule has 1 aromatic carbocycles. The maximum absolute atomic E-state index is 12.4. The average molecular weight is 366 g/mol. The maximum atomic E-state index is 12.4. The quantitative estimate of drug-likeness (QED) is 0.778. The van der Waals surface area contributed by atoms with Gasteiger partial charge in [0.2, 0.25) is 5.91 Å². The molecule has 5 nitrogen and oxygen atoms in total. The zero-order chi connectivity index (χ0) is 17.3. The first-order valence-electron chi connectivity index (χ1n) is 7.63. The Bertz CT molecular complexity index is 743. The minimum atomic E-state index is -0.629. The van der Waals surface area contributed by atoms with Crippen LogP contribution in [0, 0.1) is 5.92 Å². The molecule has 0 aliphatic heterocycles. The lowest BCUT2D eigenvalue weighted by atomic mass is 9.95. The summed E-state index contributed by atoms with van der Waals surface area (Å²) in [5.74, 6) is -0.620. The number of benzene rings is 1. The summed E-state index contributed by atoms with van der Waals surface area (Å²) in [6.07, 6.45) is 1.50. The second-order valence-electron chi connectivity index (χ2n) is 5.85. The molecule has 24 heavy (non-hydrogen) atoms. The number of amides is 2.